The van der Waals surface area contributed by atoms with Gasteiger partial charge in [0.05, 0.1) is 7.11 Å². The molecule has 0 spiro atoms. The Morgan fingerprint density at radius 3 is 2.18 bits per heavy atom. The fourth-order valence-corrected chi connectivity index (χ4v) is 2.77. The lowest BCUT2D eigenvalue weighted by atomic mass is 9.70. The Balaban J connectivity index is 3.20. The van der Waals surface area contributed by atoms with Crippen LogP contribution in [0.15, 0.2) is 18.2 Å². The summed E-state index contributed by atoms with van der Waals surface area (Å²) in [6.45, 7) is 11.2. The highest BCUT2D eigenvalue weighted by atomic mass is 16.5. The van der Waals surface area contributed by atoms with E-state index in [1.54, 1.807) is 13.2 Å². The van der Waals surface area contributed by atoms with Gasteiger partial charge in [-0.05, 0) is 34.9 Å². The molecular weight excluding hydrogens is 212 g/mol. The van der Waals surface area contributed by atoms with Crippen LogP contribution in [0.4, 0.5) is 0 Å². The van der Waals surface area contributed by atoms with Crippen LogP contribution in [0.5, 0.6) is 11.5 Å². The Kier molecular flexibility index (Phi) is 4.07. The Hall–Kier alpha value is -1.18. The lowest BCUT2D eigenvalue weighted by Crippen LogP contribution is -2.23. The maximum atomic E-state index is 9.63. The van der Waals surface area contributed by atoms with Gasteiger partial charge in [-0.25, -0.2) is 0 Å². The smallest absolute Gasteiger partial charge is 0.160 e. The van der Waals surface area contributed by atoms with Crippen molar-refractivity contribution < 1.29 is 9.84 Å². The minimum Gasteiger partial charge on any atom is -0.504 e. The molecule has 1 unspecified atom stereocenters. The number of hydrogen-bond donors (Lipinski definition) is 1. The highest BCUT2D eigenvalue weighted by molar-refractivity contribution is 5.43. The molecule has 0 radical (unpaired) electrons. The fourth-order valence-electron chi connectivity index (χ4n) is 2.77. The lowest BCUT2D eigenvalue weighted by molar-refractivity contribution is 0.257. The molecule has 0 heterocycles. The van der Waals surface area contributed by atoms with Crippen LogP contribution in [0.2, 0.25) is 0 Å². The van der Waals surface area contributed by atoms with E-state index in [0.29, 0.717) is 17.6 Å². The third-order valence-corrected chi connectivity index (χ3v) is 3.16. The molecule has 0 saturated heterocycles. The maximum absolute atomic E-state index is 9.63. The van der Waals surface area contributed by atoms with Crippen molar-refractivity contribution in [3.63, 3.8) is 0 Å². The first kappa shape index (κ1) is 13.9. The first-order valence-corrected chi connectivity index (χ1v) is 6.14. The molecule has 0 fully saturated rings. The molecule has 2 heteroatoms. The Labute approximate surface area is 105 Å². The third kappa shape index (κ3) is 3.15. The summed E-state index contributed by atoms with van der Waals surface area (Å²) in [5.74, 6) is 1.74. The second-order valence-electron chi connectivity index (χ2n) is 6.02. The Bertz CT molecular complexity index is 375. The van der Waals surface area contributed by atoms with Crippen LogP contribution >= 0.6 is 0 Å². The van der Waals surface area contributed by atoms with Crippen molar-refractivity contribution >= 4 is 0 Å². The second kappa shape index (κ2) is 4.99. The van der Waals surface area contributed by atoms with Crippen LogP contribution < -0.4 is 4.74 Å². The van der Waals surface area contributed by atoms with Gasteiger partial charge in [0.2, 0.25) is 0 Å². The monoisotopic (exact) mass is 236 g/mol. The van der Waals surface area contributed by atoms with Crippen molar-refractivity contribution in [3.05, 3.63) is 23.8 Å². The van der Waals surface area contributed by atoms with Gasteiger partial charge in [0.25, 0.3) is 0 Å². The molecule has 0 amide bonds. The van der Waals surface area contributed by atoms with Crippen LogP contribution in [0, 0.1) is 11.3 Å². The average Bonchev–Trinajstić information content (AvgIpc) is 2.18. The first-order valence-electron chi connectivity index (χ1n) is 6.14. The zero-order valence-corrected chi connectivity index (χ0v) is 11.7. The van der Waals surface area contributed by atoms with Gasteiger partial charge in [0.1, 0.15) is 0 Å². The number of rotatable bonds is 3. The summed E-state index contributed by atoms with van der Waals surface area (Å²) in [4.78, 5) is 0. The van der Waals surface area contributed by atoms with Crippen LogP contribution in [0.25, 0.3) is 0 Å². The molecule has 1 aromatic rings. The van der Waals surface area contributed by atoms with Crippen molar-refractivity contribution in [2.75, 3.05) is 7.11 Å². The second-order valence-corrected chi connectivity index (χ2v) is 6.02. The highest BCUT2D eigenvalue weighted by Gasteiger charge is 2.29. The van der Waals surface area contributed by atoms with E-state index in [4.69, 9.17) is 4.74 Å². The van der Waals surface area contributed by atoms with E-state index in [2.05, 4.69) is 34.6 Å². The van der Waals surface area contributed by atoms with Crippen LogP contribution in [0.3, 0.4) is 0 Å². The number of phenolic OH excluding ortho intramolecular Hbond substituents is 1. The van der Waals surface area contributed by atoms with E-state index in [1.807, 2.05) is 12.1 Å². The molecule has 0 aliphatic rings. The number of benzene rings is 1. The van der Waals surface area contributed by atoms with E-state index >= 15 is 0 Å². The normalized spacial score (nSPS) is 13.8. The molecule has 0 bridgehead atoms. The SMILES string of the molecule is COc1cc(C(C(C)C)C(C)(C)C)ccc1O. The summed E-state index contributed by atoms with van der Waals surface area (Å²) in [6.07, 6.45) is 0. The van der Waals surface area contributed by atoms with Gasteiger partial charge in [-0.2, -0.15) is 0 Å². The predicted octanol–water partition coefficient (Wildman–Crippen LogP) is 4.19. The van der Waals surface area contributed by atoms with Crippen molar-refractivity contribution in [3.8, 4) is 11.5 Å². The molecule has 1 aromatic carbocycles. The quantitative estimate of drug-likeness (QED) is 0.852. The highest BCUT2D eigenvalue weighted by Crippen LogP contribution is 2.42. The molecule has 0 aliphatic heterocycles. The minimum absolute atomic E-state index is 0.191. The summed E-state index contributed by atoms with van der Waals surface area (Å²) in [5.41, 5.74) is 1.41. The third-order valence-electron chi connectivity index (χ3n) is 3.16. The molecule has 1 rings (SSSR count). The molecular formula is C15H24O2. The summed E-state index contributed by atoms with van der Waals surface area (Å²) >= 11 is 0. The van der Waals surface area contributed by atoms with Gasteiger partial charge in [0.15, 0.2) is 11.5 Å². The number of hydrogen-bond acceptors (Lipinski definition) is 2. The molecule has 1 N–H and O–H groups in total. The van der Waals surface area contributed by atoms with E-state index < -0.39 is 0 Å². The molecule has 96 valence electrons. The van der Waals surface area contributed by atoms with Gasteiger partial charge in [-0.3, -0.25) is 0 Å². The van der Waals surface area contributed by atoms with Gasteiger partial charge in [-0.1, -0.05) is 40.7 Å². The van der Waals surface area contributed by atoms with Crippen molar-refractivity contribution in [1.29, 1.82) is 0 Å². The van der Waals surface area contributed by atoms with Crippen LogP contribution in [-0.4, -0.2) is 12.2 Å². The number of phenols is 1. The van der Waals surface area contributed by atoms with E-state index in [9.17, 15) is 5.11 Å². The number of ether oxygens (including phenoxy) is 1. The van der Waals surface area contributed by atoms with Gasteiger partial charge >= 0.3 is 0 Å². The van der Waals surface area contributed by atoms with E-state index in [-0.39, 0.29) is 11.2 Å². The molecule has 0 aliphatic carbocycles. The number of methoxy groups -OCH3 is 1. The van der Waals surface area contributed by atoms with Crippen LogP contribution in [-0.2, 0) is 0 Å². The summed E-state index contributed by atoms with van der Waals surface area (Å²) in [6, 6.07) is 5.66. The maximum Gasteiger partial charge on any atom is 0.160 e. The Morgan fingerprint density at radius 2 is 1.76 bits per heavy atom. The standard InChI is InChI=1S/C15H24O2/c1-10(2)14(15(3,4)5)11-7-8-12(16)13(9-11)17-6/h7-10,14,16H,1-6H3. The summed E-state index contributed by atoms with van der Waals surface area (Å²) in [5, 5.41) is 9.63. The molecule has 17 heavy (non-hydrogen) atoms. The van der Waals surface area contributed by atoms with Gasteiger partial charge in [-0.15, -0.1) is 0 Å². The fraction of sp³-hybridized carbons (Fsp3) is 0.600. The predicted molar refractivity (Wildman–Crippen MR) is 71.7 cm³/mol. The molecule has 0 saturated carbocycles. The van der Waals surface area contributed by atoms with Gasteiger partial charge in [0, 0.05) is 0 Å². The Morgan fingerprint density at radius 1 is 1.18 bits per heavy atom. The first-order chi connectivity index (χ1) is 7.77. The van der Waals surface area contributed by atoms with Crippen molar-refractivity contribution in [2.24, 2.45) is 11.3 Å². The van der Waals surface area contributed by atoms with E-state index in [1.165, 1.54) is 5.56 Å². The van der Waals surface area contributed by atoms with Crippen LogP contribution in [0.1, 0.15) is 46.1 Å². The summed E-state index contributed by atoms with van der Waals surface area (Å²) < 4.78 is 5.18. The van der Waals surface area contributed by atoms with E-state index in [0.717, 1.165) is 0 Å². The molecule has 0 aromatic heterocycles. The zero-order valence-electron chi connectivity index (χ0n) is 11.7. The molecule has 1 atom stereocenters. The van der Waals surface area contributed by atoms with Crippen molar-refractivity contribution in [2.45, 2.75) is 40.5 Å². The largest absolute Gasteiger partial charge is 0.504 e. The lowest BCUT2D eigenvalue weighted by Gasteiger charge is -2.34. The zero-order chi connectivity index (χ0) is 13.2. The molecule has 2 nitrogen and oxygen atoms in total. The topological polar surface area (TPSA) is 29.5 Å². The minimum atomic E-state index is 0.191. The van der Waals surface area contributed by atoms with Gasteiger partial charge < -0.3 is 9.84 Å². The number of aromatic hydroxyl groups is 1. The summed E-state index contributed by atoms with van der Waals surface area (Å²) in [7, 11) is 1.58. The van der Waals surface area contributed by atoms with Crippen molar-refractivity contribution in [1.82, 2.24) is 0 Å². The average molecular weight is 236 g/mol.